The van der Waals surface area contributed by atoms with Crippen LogP contribution in [0, 0.1) is 11.3 Å². The fourth-order valence-electron chi connectivity index (χ4n) is 3.11. The van der Waals surface area contributed by atoms with Gasteiger partial charge in [-0.3, -0.25) is 4.79 Å². The molecule has 0 atom stereocenters. The van der Waals surface area contributed by atoms with Gasteiger partial charge in [0.05, 0.1) is 41.8 Å². The van der Waals surface area contributed by atoms with Crippen LogP contribution in [0.4, 0.5) is 24.5 Å². The molecule has 29 heavy (non-hydrogen) atoms. The Hall–Kier alpha value is -3.05. The van der Waals surface area contributed by atoms with Crippen molar-refractivity contribution in [2.24, 2.45) is 0 Å². The zero-order valence-electron chi connectivity index (χ0n) is 15.6. The lowest BCUT2D eigenvalue weighted by Gasteiger charge is -2.31. The summed E-state index contributed by atoms with van der Waals surface area (Å²) in [5.74, 6) is -0.372. The van der Waals surface area contributed by atoms with Crippen LogP contribution in [0.5, 0.6) is 0 Å². The smallest absolute Gasteiger partial charge is 0.378 e. The Kier molecular flexibility index (Phi) is 6.39. The number of nitrogens with zero attached hydrogens (tertiary/aromatic N) is 2. The van der Waals surface area contributed by atoms with Gasteiger partial charge in [-0.05, 0) is 42.3 Å². The number of morpholine rings is 1. The number of rotatable bonds is 5. The van der Waals surface area contributed by atoms with E-state index in [-0.39, 0.29) is 18.0 Å². The highest BCUT2D eigenvalue weighted by molar-refractivity contribution is 5.94. The summed E-state index contributed by atoms with van der Waals surface area (Å²) in [5, 5.41) is 11.5. The number of amides is 1. The molecule has 1 amide bonds. The number of hydrogen-bond donors (Lipinski definition) is 1. The number of anilines is 2. The summed E-state index contributed by atoms with van der Waals surface area (Å²) in [6.45, 7) is 2.04. The third-order valence-electron chi connectivity index (χ3n) is 4.67. The van der Waals surface area contributed by atoms with Crippen LogP contribution in [-0.4, -0.2) is 32.2 Å². The van der Waals surface area contributed by atoms with Crippen molar-refractivity contribution < 1.29 is 22.7 Å². The van der Waals surface area contributed by atoms with Gasteiger partial charge >= 0.3 is 6.18 Å². The Balaban J connectivity index is 1.74. The van der Waals surface area contributed by atoms with E-state index in [0.717, 1.165) is 17.7 Å². The second-order valence-electron chi connectivity index (χ2n) is 6.69. The summed E-state index contributed by atoms with van der Waals surface area (Å²) in [4.78, 5) is 14.3. The number of nitrogens with one attached hydrogen (secondary N) is 1. The van der Waals surface area contributed by atoms with Gasteiger partial charge in [-0.25, -0.2) is 0 Å². The third-order valence-corrected chi connectivity index (χ3v) is 4.67. The SMILES string of the molecule is N#Cc1ccc(CCC(=O)Nc2cc(C(F)(F)F)ccc2N2CCOCC2)cc1. The van der Waals surface area contributed by atoms with Crippen LogP contribution in [0.15, 0.2) is 42.5 Å². The second-order valence-corrected chi connectivity index (χ2v) is 6.69. The Bertz CT molecular complexity index is 899. The molecule has 152 valence electrons. The van der Waals surface area contributed by atoms with E-state index in [1.165, 1.54) is 6.07 Å². The van der Waals surface area contributed by atoms with Crippen molar-refractivity contribution in [2.45, 2.75) is 19.0 Å². The van der Waals surface area contributed by atoms with Crippen LogP contribution in [0.25, 0.3) is 0 Å². The summed E-state index contributed by atoms with van der Waals surface area (Å²) in [6.07, 6.45) is -3.96. The molecule has 0 aromatic heterocycles. The van der Waals surface area contributed by atoms with E-state index in [4.69, 9.17) is 10.00 Å². The number of hydrogen-bond acceptors (Lipinski definition) is 4. The Morgan fingerprint density at radius 2 is 1.83 bits per heavy atom. The first kappa shape index (κ1) is 20.7. The zero-order chi connectivity index (χ0) is 20.9. The number of ether oxygens (including phenoxy) is 1. The predicted molar refractivity (Wildman–Crippen MR) is 103 cm³/mol. The van der Waals surface area contributed by atoms with Crippen LogP contribution in [0.3, 0.4) is 0 Å². The van der Waals surface area contributed by atoms with Gasteiger partial charge in [0, 0.05) is 19.5 Å². The molecule has 0 aliphatic carbocycles. The predicted octanol–water partition coefficient (Wildman–Crippen LogP) is 3.98. The number of carbonyl (C=O) groups excluding carboxylic acids is 1. The van der Waals surface area contributed by atoms with Gasteiger partial charge in [-0.15, -0.1) is 0 Å². The largest absolute Gasteiger partial charge is 0.416 e. The quantitative estimate of drug-likeness (QED) is 0.820. The van der Waals surface area contributed by atoms with Crippen molar-refractivity contribution in [1.82, 2.24) is 0 Å². The first-order valence-electron chi connectivity index (χ1n) is 9.19. The number of carbonyl (C=O) groups is 1. The maximum absolute atomic E-state index is 13.1. The molecule has 2 aromatic carbocycles. The molecule has 1 fully saturated rings. The minimum Gasteiger partial charge on any atom is -0.378 e. The molecule has 0 spiro atoms. The fraction of sp³-hybridized carbons (Fsp3) is 0.333. The molecule has 0 radical (unpaired) electrons. The number of aryl methyl sites for hydroxylation is 1. The van der Waals surface area contributed by atoms with Gasteiger partial charge in [0.1, 0.15) is 0 Å². The topological polar surface area (TPSA) is 65.4 Å². The molecule has 0 bridgehead atoms. The highest BCUT2D eigenvalue weighted by Crippen LogP contribution is 2.35. The van der Waals surface area contributed by atoms with Gasteiger partial charge in [-0.1, -0.05) is 12.1 Å². The molecule has 2 aromatic rings. The van der Waals surface area contributed by atoms with Crippen molar-refractivity contribution in [3.05, 3.63) is 59.2 Å². The molecule has 0 unspecified atom stereocenters. The van der Waals surface area contributed by atoms with Crippen LogP contribution >= 0.6 is 0 Å². The first-order chi connectivity index (χ1) is 13.9. The average Bonchev–Trinajstić information content (AvgIpc) is 2.72. The molecule has 1 aliphatic heterocycles. The molecule has 8 heteroatoms. The lowest BCUT2D eigenvalue weighted by atomic mass is 10.1. The molecule has 3 rings (SSSR count). The van der Waals surface area contributed by atoms with Crippen molar-refractivity contribution in [2.75, 3.05) is 36.5 Å². The van der Waals surface area contributed by atoms with Gasteiger partial charge in [0.25, 0.3) is 0 Å². The Labute approximate surface area is 166 Å². The van der Waals surface area contributed by atoms with Crippen LogP contribution in [0.2, 0.25) is 0 Å². The van der Waals surface area contributed by atoms with E-state index in [2.05, 4.69) is 5.32 Å². The van der Waals surface area contributed by atoms with Crippen LogP contribution < -0.4 is 10.2 Å². The summed E-state index contributed by atoms with van der Waals surface area (Å²) in [6, 6.07) is 12.3. The molecule has 0 saturated carbocycles. The van der Waals surface area contributed by atoms with Crippen LogP contribution in [-0.2, 0) is 22.1 Å². The highest BCUT2D eigenvalue weighted by atomic mass is 19.4. The van der Waals surface area contributed by atoms with Gasteiger partial charge in [0.2, 0.25) is 5.91 Å². The molecule has 5 nitrogen and oxygen atoms in total. The average molecular weight is 403 g/mol. The summed E-state index contributed by atoms with van der Waals surface area (Å²) in [7, 11) is 0. The van der Waals surface area contributed by atoms with E-state index in [1.807, 2.05) is 11.0 Å². The zero-order valence-corrected chi connectivity index (χ0v) is 15.6. The van der Waals surface area contributed by atoms with E-state index in [9.17, 15) is 18.0 Å². The molecule has 1 aliphatic rings. The van der Waals surface area contributed by atoms with E-state index in [0.29, 0.717) is 44.0 Å². The molecule has 1 N–H and O–H groups in total. The van der Waals surface area contributed by atoms with E-state index >= 15 is 0 Å². The summed E-state index contributed by atoms with van der Waals surface area (Å²) < 4.78 is 44.7. The normalized spacial score (nSPS) is 14.3. The van der Waals surface area contributed by atoms with Crippen molar-refractivity contribution >= 4 is 17.3 Å². The minimum absolute atomic E-state index is 0.116. The first-order valence-corrected chi connectivity index (χ1v) is 9.19. The minimum atomic E-state index is -4.49. The lowest BCUT2D eigenvalue weighted by Crippen LogP contribution is -2.36. The van der Waals surface area contributed by atoms with E-state index < -0.39 is 11.7 Å². The molecule has 1 saturated heterocycles. The monoisotopic (exact) mass is 403 g/mol. The summed E-state index contributed by atoms with van der Waals surface area (Å²) >= 11 is 0. The Morgan fingerprint density at radius 1 is 1.14 bits per heavy atom. The van der Waals surface area contributed by atoms with Gasteiger partial charge < -0.3 is 15.0 Å². The van der Waals surface area contributed by atoms with Gasteiger partial charge in [0.15, 0.2) is 0 Å². The number of alkyl halides is 3. The number of nitriles is 1. The lowest BCUT2D eigenvalue weighted by molar-refractivity contribution is -0.137. The summed E-state index contributed by atoms with van der Waals surface area (Å²) in [5.41, 5.74) is 1.28. The number of halogens is 3. The fourth-order valence-corrected chi connectivity index (χ4v) is 3.11. The Morgan fingerprint density at radius 3 is 2.45 bits per heavy atom. The maximum Gasteiger partial charge on any atom is 0.416 e. The van der Waals surface area contributed by atoms with E-state index in [1.54, 1.807) is 24.3 Å². The molecular formula is C21H20F3N3O2. The standard InChI is InChI=1S/C21H20F3N3O2/c22-21(23,24)17-6-7-19(27-9-11-29-12-10-27)18(13-17)26-20(28)8-5-15-1-3-16(14-25)4-2-15/h1-4,6-7,13H,5,8-12H2,(H,26,28). The second kappa shape index (κ2) is 8.97. The maximum atomic E-state index is 13.1. The molecule has 1 heterocycles. The van der Waals surface area contributed by atoms with Crippen molar-refractivity contribution in [3.8, 4) is 6.07 Å². The number of benzene rings is 2. The van der Waals surface area contributed by atoms with Crippen molar-refractivity contribution in [1.29, 1.82) is 5.26 Å². The third kappa shape index (κ3) is 5.48. The highest BCUT2D eigenvalue weighted by Gasteiger charge is 2.31. The molecular weight excluding hydrogens is 383 g/mol. The van der Waals surface area contributed by atoms with Crippen molar-refractivity contribution in [3.63, 3.8) is 0 Å². The van der Waals surface area contributed by atoms with Gasteiger partial charge in [-0.2, -0.15) is 18.4 Å². The van der Waals surface area contributed by atoms with Crippen LogP contribution in [0.1, 0.15) is 23.1 Å².